The lowest BCUT2D eigenvalue weighted by molar-refractivity contribution is 0.266. The van der Waals surface area contributed by atoms with Crippen molar-refractivity contribution in [2.45, 2.75) is 13.0 Å². The van der Waals surface area contributed by atoms with Crippen molar-refractivity contribution in [1.82, 2.24) is 4.90 Å². The standard InChI is InChI=1S/C13H20FN3/c1-9-7-17(8-13(9)16(2)3)12-5-10(14)4-11(15)6-12/h4-6,9,13H,7-8,15H2,1-3H3. The highest BCUT2D eigenvalue weighted by molar-refractivity contribution is 5.57. The van der Waals surface area contributed by atoms with Gasteiger partial charge < -0.3 is 15.5 Å². The molecule has 1 aliphatic heterocycles. The third-order valence-corrected chi connectivity index (χ3v) is 3.51. The van der Waals surface area contributed by atoms with E-state index in [9.17, 15) is 4.39 Å². The lowest BCUT2D eigenvalue weighted by Crippen LogP contribution is -2.34. The number of nitrogens with zero attached hydrogens (tertiary/aromatic N) is 2. The van der Waals surface area contributed by atoms with Gasteiger partial charge in [-0.25, -0.2) is 4.39 Å². The van der Waals surface area contributed by atoms with E-state index in [-0.39, 0.29) is 5.82 Å². The third kappa shape index (κ3) is 2.52. The molecular weight excluding hydrogens is 217 g/mol. The second kappa shape index (κ2) is 4.53. The molecule has 0 amide bonds. The van der Waals surface area contributed by atoms with Gasteiger partial charge in [-0.2, -0.15) is 0 Å². The molecule has 2 N–H and O–H groups in total. The number of halogens is 1. The minimum absolute atomic E-state index is 0.263. The van der Waals surface area contributed by atoms with Crippen LogP contribution < -0.4 is 10.6 Å². The maximum Gasteiger partial charge on any atom is 0.127 e. The van der Waals surface area contributed by atoms with Crippen LogP contribution in [0.1, 0.15) is 6.92 Å². The molecule has 1 aromatic rings. The van der Waals surface area contributed by atoms with Crippen LogP contribution in [0, 0.1) is 11.7 Å². The van der Waals surface area contributed by atoms with Gasteiger partial charge in [0.1, 0.15) is 5.82 Å². The average molecular weight is 237 g/mol. The first-order valence-electron chi connectivity index (χ1n) is 5.95. The maximum absolute atomic E-state index is 13.3. The number of nitrogens with two attached hydrogens (primary N) is 1. The Kier molecular flexibility index (Phi) is 3.24. The summed E-state index contributed by atoms with van der Waals surface area (Å²) in [6.45, 7) is 4.11. The van der Waals surface area contributed by atoms with Crippen molar-refractivity contribution in [3.05, 3.63) is 24.0 Å². The van der Waals surface area contributed by atoms with Gasteiger partial charge in [-0.05, 0) is 38.2 Å². The van der Waals surface area contributed by atoms with Crippen molar-refractivity contribution in [1.29, 1.82) is 0 Å². The molecule has 0 radical (unpaired) electrons. The summed E-state index contributed by atoms with van der Waals surface area (Å²) in [6.07, 6.45) is 0. The molecule has 2 rings (SSSR count). The summed E-state index contributed by atoms with van der Waals surface area (Å²) in [5.41, 5.74) is 7.05. The van der Waals surface area contributed by atoms with Crippen LogP contribution in [0.15, 0.2) is 18.2 Å². The molecule has 1 aromatic carbocycles. The Hall–Kier alpha value is -1.29. The largest absolute Gasteiger partial charge is 0.399 e. The molecule has 0 spiro atoms. The Morgan fingerprint density at radius 1 is 1.29 bits per heavy atom. The van der Waals surface area contributed by atoms with Crippen molar-refractivity contribution in [3.8, 4) is 0 Å². The average Bonchev–Trinajstić information content (AvgIpc) is 2.59. The number of likely N-dealkylation sites (N-methyl/N-ethyl adjacent to an activating group) is 1. The second-order valence-corrected chi connectivity index (χ2v) is 5.16. The van der Waals surface area contributed by atoms with Crippen LogP contribution in [0.25, 0.3) is 0 Å². The first-order valence-corrected chi connectivity index (χ1v) is 5.95. The van der Waals surface area contributed by atoms with Gasteiger partial charge in [0.05, 0.1) is 0 Å². The zero-order valence-corrected chi connectivity index (χ0v) is 10.7. The monoisotopic (exact) mass is 237 g/mol. The topological polar surface area (TPSA) is 32.5 Å². The summed E-state index contributed by atoms with van der Waals surface area (Å²) in [5, 5.41) is 0. The summed E-state index contributed by atoms with van der Waals surface area (Å²) in [7, 11) is 4.18. The molecule has 2 atom stereocenters. The zero-order chi connectivity index (χ0) is 12.6. The summed E-state index contributed by atoms with van der Waals surface area (Å²) in [5.74, 6) is 0.315. The number of benzene rings is 1. The van der Waals surface area contributed by atoms with Gasteiger partial charge in [0, 0.05) is 30.5 Å². The zero-order valence-electron chi connectivity index (χ0n) is 10.7. The molecule has 2 unspecified atom stereocenters. The Labute approximate surface area is 102 Å². The van der Waals surface area contributed by atoms with E-state index in [4.69, 9.17) is 5.73 Å². The van der Waals surface area contributed by atoms with Crippen molar-refractivity contribution in [2.24, 2.45) is 5.92 Å². The van der Waals surface area contributed by atoms with Gasteiger partial charge in [-0.3, -0.25) is 0 Å². The molecule has 4 heteroatoms. The molecule has 17 heavy (non-hydrogen) atoms. The number of anilines is 2. The van der Waals surface area contributed by atoms with E-state index in [1.54, 1.807) is 6.07 Å². The highest BCUT2D eigenvalue weighted by atomic mass is 19.1. The molecule has 1 saturated heterocycles. The Balaban J connectivity index is 2.19. The van der Waals surface area contributed by atoms with Crippen LogP contribution in [0.4, 0.5) is 15.8 Å². The molecular formula is C13H20FN3. The number of hydrogen-bond acceptors (Lipinski definition) is 3. The number of nitrogen functional groups attached to an aromatic ring is 1. The Morgan fingerprint density at radius 2 is 2.00 bits per heavy atom. The summed E-state index contributed by atoms with van der Waals surface area (Å²) >= 11 is 0. The molecule has 0 aromatic heterocycles. The number of hydrogen-bond donors (Lipinski definition) is 1. The minimum atomic E-state index is -0.263. The fourth-order valence-electron chi connectivity index (χ4n) is 2.61. The van der Waals surface area contributed by atoms with E-state index in [1.807, 2.05) is 6.07 Å². The smallest absolute Gasteiger partial charge is 0.127 e. The molecule has 0 bridgehead atoms. The third-order valence-electron chi connectivity index (χ3n) is 3.51. The Bertz CT molecular complexity index is 385. The molecule has 0 saturated carbocycles. The Morgan fingerprint density at radius 3 is 2.53 bits per heavy atom. The normalized spacial score (nSPS) is 24.6. The second-order valence-electron chi connectivity index (χ2n) is 5.16. The maximum atomic E-state index is 13.3. The molecule has 1 aliphatic rings. The highest BCUT2D eigenvalue weighted by Gasteiger charge is 2.31. The van der Waals surface area contributed by atoms with Gasteiger partial charge in [0.15, 0.2) is 0 Å². The van der Waals surface area contributed by atoms with Crippen molar-refractivity contribution in [3.63, 3.8) is 0 Å². The van der Waals surface area contributed by atoms with Gasteiger partial charge in [-0.15, -0.1) is 0 Å². The van der Waals surface area contributed by atoms with E-state index >= 15 is 0 Å². The van der Waals surface area contributed by atoms with Crippen LogP contribution in [0.2, 0.25) is 0 Å². The van der Waals surface area contributed by atoms with E-state index in [0.717, 1.165) is 18.8 Å². The van der Waals surface area contributed by atoms with Crippen LogP contribution >= 0.6 is 0 Å². The minimum Gasteiger partial charge on any atom is -0.399 e. The summed E-state index contributed by atoms with van der Waals surface area (Å²) < 4.78 is 13.3. The summed E-state index contributed by atoms with van der Waals surface area (Å²) in [4.78, 5) is 4.43. The first-order chi connectivity index (χ1) is 7.97. The van der Waals surface area contributed by atoms with Gasteiger partial charge in [-0.1, -0.05) is 6.92 Å². The predicted molar refractivity (Wildman–Crippen MR) is 69.7 cm³/mol. The molecule has 94 valence electrons. The van der Waals surface area contributed by atoms with Gasteiger partial charge in [0.25, 0.3) is 0 Å². The van der Waals surface area contributed by atoms with E-state index in [0.29, 0.717) is 17.6 Å². The van der Waals surface area contributed by atoms with Gasteiger partial charge >= 0.3 is 0 Å². The van der Waals surface area contributed by atoms with Crippen molar-refractivity contribution >= 4 is 11.4 Å². The first kappa shape index (κ1) is 12.2. The molecule has 0 aliphatic carbocycles. The molecule has 1 heterocycles. The lowest BCUT2D eigenvalue weighted by atomic mass is 10.1. The quantitative estimate of drug-likeness (QED) is 0.796. The van der Waals surface area contributed by atoms with Crippen molar-refractivity contribution in [2.75, 3.05) is 37.8 Å². The fourth-order valence-corrected chi connectivity index (χ4v) is 2.61. The summed E-state index contributed by atoms with van der Waals surface area (Å²) in [6, 6.07) is 5.26. The highest BCUT2D eigenvalue weighted by Crippen LogP contribution is 2.28. The van der Waals surface area contributed by atoms with E-state index < -0.39 is 0 Å². The van der Waals surface area contributed by atoms with Crippen LogP contribution in [-0.2, 0) is 0 Å². The van der Waals surface area contributed by atoms with E-state index in [1.165, 1.54) is 6.07 Å². The van der Waals surface area contributed by atoms with Crippen LogP contribution in [0.5, 0.6) is 0 Å². The molecule has 1 fully saturated rings. The van der Waals surface area contributed by atoms with Crippen molar-refractivity contribution < 1.29 is 4.39 Å². The predicted octanol–water partition coefficient (Wildman–Crippen LogP) is 1.79. The lowest BCUT2D eigenvalue weighted by Gasteiger charge is -2.23. The van der Waals surface area contributed by atoms with Crippen LogP contribution in [0.3, 0.4) is 0 Å². The SMILES string of the molecule is CC1CN(c2cc(N)cc(F)c2)CC1N(C)C. The fraction of sp³-hybridized carbons (Fsp3) is 0.538. The molecule has 3 nitrogen and oxygen atoms in total. The number of rotatable bonds is 2. The van der Waals surface area contributed by atoms with Gasteiger partial charge in [0.2, 0.25) is 0 Å². The van der Waals surface area contributed by atoms with E-state index in [2.05, 4.69) is 30.8 Å². The van der Waals surface area contributed by atoms with Crippen LogP contribution in [-0.4, -0.2) is 38.1 Å².